The van der Waals surface area contributed by atoms with Gasteiger partial charge in [-0.2, -0.15) is 5.10 Å². The number of rotatable bonds is 3. The number of anilines is 2. The minimum absolute atomic E-state index is 0.0227. The van der Waals surface area contributed by atoms with Gasteiger partial charge in [0.05, 0.1) is 23.7 Å². The van der Waals surface area contributed by atoms with Gasteiger partial charge in [-0.3, -0.25) is 9.40 Å². The van der Waals surface area contributed by atoms with E-state index in [1.54, 1.807) is 18.3 Å². The zero-order valence-corrected chi connectivity index (χ0v) is 16.0. The Labute approximate surface area is 158 Å². The molecule has 0 aliphatic carbocycles. The Hall–Kier alpha value is -2.55. The number of carbonyl (C=O) groups is 1. The molecule has 1 unspecified atom stereocenters. The maximum Gasteiger partial charge on any atom is 0.322 e. The molecular weight excluding hydrogens is 366 g/mol. The van der Waals surface area contributed by atoms with E-state index in [2.05, 4.69) is 15.5 Å². The minimum atomic E-state index is -3.32. The fourth-order valence-electron chi connectivity index (χ4n) is 4.00. The number of benzene rings is 1. The highest BCUT2D eigenvalue weighted by Crippen LogP contribution is 2.36. The van der Waals surface area contributed by atoms with Gasteiger partial charge in [0.15, 0.2) is 0 Å². The quantitative estimate of drug-likeness (QED) is 0.842. The first-order valence-electron chi connectivity index (χ1n) is 9.11. The lowest BCUT2D eigenvalue weighted by Crippen LogP contribution is -2.41. The van der Waals surface area contributed by atoms with Crippen LogP contribution in [0.4, 0.5) is 16.2 Å². The maximum atomic E-state index is 13.0. The molecule has 2 aliphatic heterocycles. The number of nitrogens with one attached hydrogen (secondary N) is 2. The second-order valence-corrected chi connectivity index (χ2v) is 8.94. The van der Waals surface area contributed by atoms with Crippen molar-refractivity contribution in [2.24, 2.45) is 0 Å². The Morgan fingerprint density at radius 1 is 1.26 bits per heavy atom. The third-order valence-corrected chi connectivity index (χ3v) is 6.45. The van der Waals surface area contributed by atoms with Crippen LogP contribution >= 0.6 is 0 Å². The molecule has 1 atom stereocenters. The number of fused-ring (bicyclic) bond motifs is 1. The Balaban J connectivity index is 1.58. The molecule has 0 bridgehead atoms. The number of hydrogen-bond donors (Lipinski definition) is 2. The summed E-state index contributed by atoms with van der Waals surface area (Å²) < 4.78 is 25.3. The molecule has 2 aromatic rings. The highest BCUT2D eigenvalue weighted by molar-refractivity contribution is 7.92. The first kappa shape index (κ1) is 17.8. The molecule has 0 saturated carbocycles. The first-order valence-corrected chi connectivity index (χ1v) is 11.0. The Morgan fingerprint density at radius 3 is 2.85 bits per heavy atom. The number of amides is 2. The molecule has 3 heterocycles. The molecule has 144 valence electrons. The lowest BCUT2D eigenvalue weighted by Gasteiger charge is -2.35. The summed E-state index contributed by atoms with van der Waals surface area (Å²) in [6.07, 6.45) is 6.41. The van der Waals surface area contributed by atoms with Crippen LogP contribution in [-0.4, -0.2) is 48.9 Å². The van der Waals surface area contributed by atoms with Crippen LogP contribution in [-0.2, 0) is 16.4 Å². The van der Waals surface area contributed by atoms with Crippen LogP contribution in [0.5, 0.6) is 0 Å². The van der Waals surface area contributed by atoms with Crippen molar-refractivity contribution in [3.8, 4) is 0 Å². The number of likely N-dealkylation sites (tertiary alicyclic amines) is 1. The zero-order valence-electron chi connectivity index (χ0n) is 15.2. The number of piperidine rings is 1. The summed E-state index contributed by atoms with van der Waals surface area (Å²) in [6, 6.07) is 7.11. The van der Waals surface area contributed by atoms with Gasteiger partial charge in [0.2, 0.25) is 10.0 Å². The highest BCUT2D eigenvalue weighted by Gasteiger charge is 2.31. The van der Waals surface area contributed by atoms with Gasteiger partial charge in [0, 0.05) is 30.5 Å². The molecular formula is C18H23N5O3S. The fraction of sp³-hybridized carbons (Fsp3) is 0.444. The van der Waals surface area contributed by atoms with Crippen molar-refractivity contribution in [2.75, 3.05) is 29.0 Å². The molecule has 1 aromatic heterocycles. The number of nitrogens with zero attached hydrogens (tertiary/aromatic N) is 3. The van der Waals surface area contributed by atoms with E-state index in [4.69, 9.17) is 0 Å². The van der Waals surface area contributed by atoms with E-state index in [1.807, 2.05) is 17.0 Å². The molecule has 4 rings (SSSR count). The second-order valence-electron chi connectivity index (χ2n) is 7.04. The second kappa shape index (κ2) is 6.88. The smallest absolute Gasteiger partial charge is 0.316 e. The van der Waals surface area contributed by atoms with E-state index in [0.29, 0.717) is 30.9 Å². The van der Waals surface area contributed by atoms with Gasteiger partial charge in [-0.1, -0.05) is 6.07 Å². The third-order valence-electron chi connectivity index (χ3n) is 5.27. The van der Waals surface area contributed by atoms with Crippen molar-refractivity contribution >= 4 is 27.4 Å². The topological polar surface area (TPSA) is 98.4 Å². The molecule has 8 nitrogen and oxygen atoms in total. The lowest BCUT2D eigenvalue weighted by molar-refractivity contribution is 0.161. The number of urea groups is 1. The number of H-pyrrole nitrogens is 1. The monoisotopic (exact) mass is 389 g/mol. The van der Waals surface area contributed by atoms with Crippen molar-refractivity contribution in [1.82, 2.24) is 15.1 Å². The van der Waals surface area contributed by atoms with Crippen molar-refractivity contribution in [3.05, 3.63) is 41.7 Å². The molecule has 1 saturated heterocycles. The van der Waals surface area contributed by atoms with Crippen LogP contribution in [0.3, 0.4) is 0 Å². The minimum Gasteiger partial charge on any atom is -0.316 e. The van der Waals surface area contributed by atoms with Gasteiger partial charge >= 0.3 is 6.03 Å². The van der Waals surface area contributed by atoms with Gasteiger partial charge in [0.1, 0.15) is 0 Å². The summed E-state index contributed by atoms with van der Waals surface area (Å²) in [7, 11) is -3.32. The Bertz CT molecular complexity index is 942. The van der Waals surface area contributed by atoms with Gasteiger partial charge in [0.25, 0.3) is 0 Å². The maximum absolute atomic E-state index is 13.0. The standard InChI is InChI=1S/C18H23N5O3S/c1-27(25,26)23-12-9-13-14(5-4-7-16(13)23)20-18(24)22-11-3-2-6-17(22)15-8-10-19-21-15/h4-5,7-8,10,17H,2-3,6,9,11-12H2,1H3,(H,19,21)(H,20,24). The SMILES string of the molecule is CS(=O)(=O)N1CCc2c(NC(=O)N3CCCCC3c3ccn[nH]3)cccc21. The molecule has 1 aromatic carbocycles. The molecule has 27 heavy (non-hydrogen) atoms. The molecule has 9 heteroatoms. The van der Waals surface area contributed by atoms with Crippen molar-refractivity contribution in [2.45, 2.75) is 31.7 Å². The highest BCUT2D eigenvalue weighted by atomic mass is 32.2. The largest absolute Gasteiger partial charge is 0.322 e. The number of aromatic nitrogens is 2. The number of hydrogen-bond acceptors (Lipinski definition) is 4. The summed E-state index contributed by atoms with van der Waals surface area (Å²) in [5.41, 5.74) is 3.13. The summed E-state index contributed by atoms with van der Waals surface area (Å²) in [5.74, 6) is 0. The van der Waals surface area contributed by atoms with Crippen molar-refractivity contribution in [1.29, 1.82) is 0 Å². The van der Waals surface area contributed by atoms with E-state index >= 15 is 0 Å². The van der Waals surface area contributed by atoms with Gasteiger partial charge < -0.3 is 10.2 Å². The zero-order chi connectivity index (χ0) is 19.0. The van der Waals surface area contributed by atoms with E-state index in [-0.39, 0.29) is 12.1 Å². The summed E-state index contributed by atoms with van der Waals surface area (Å²) in [4.78, 5) is 14.8. The molecule has 2 amide bonds. The summed E-state index contributed by atoms with van der Waals surface area (Å²) in [5, 5.41) is 9.99. The third kappa shape index (κ3) is 3.39. The van der Waals surface area contributed by atoms with Crippen molar-refractivity contribution < 1.29 is 13.2 Å². The van der Waals surface area contributed by atoms with Gasteiger partial charge in [-0.25, -0.2) is 13.2 Å². The van der Waals surface area contributed by atoms with Crippen LogP contribution < -0.4 is 9.62 Å². The van der Waals surface area contributed by atoms with Crippen LogP contribution in [0.25, 0.3) is 0 Å². The molecule has 2 N–H and O–H groups in total. The van der Waals surface area contributed by atoms with Crippen molar-refractivity contribution in [3.63, 3.8) is 0 Å². The Kier molecular flexibility index (Phi) is 4.55. The number of aromatic amines is 1. The van der Waals surface area contributed by atoms with Crippen LogP contribution in [0.2, 0.25) is 0 Å². The number of sulfonamides is 1. The number of carbonyl (C=O) groups excluding carboxylic acids is 1. The summed E-state index contributed by atoms with van der Waals surface area (Å²) >= 11 is 0. The fourth-order valence-corrected chi connectivity index (χ4v) is 4.95. The molecule has 0 spiro atoms. The Morgan fingerprint density at radius 2 is 2.11 bits per heavy atom. The predicted octanol–water partition coefficient (Wildman–Crippen LogP) is 2.49. The average molecular weight is 389 g/mol. The summed E-state index contributed by atoms with van der Waals surface area (Å²) in [6.45, 7) is 1.08. The van der Waals surface area contributed by atoms with Gasteiger partial charge in [-0.15, -0.1) is 0 Å². The molecule has 2 aliphatic rings. The average Bonchev–Trinajstić information content (AvgIpc) is 3.31. The van der Waals surface area contributed by atoms with Gasteiger partial charge in [-0.05, 0) is 43.9 Å². The van der Waals surface area contributed by atoms with E-state index in [0.717, 1.165) is 30.5 Å². The van der Waals surface area contributed by atoms with E-state index in [9.17, 15) is 13.2 Å². The normalized spacial score (nSPS) is 19.8. The van der Waals surface area contributed by atoms with E-state index < -0.39 is 10.0 Å². The predicted molar refractivity (Wildman–Crippen MR) is 103 cm³/mol. The molecule has 1 fully saturated rings. The first-order chi connectivity index (χ1) is 12.9. The van der Waals surface area contributed by atoms with Crippen LogP contribution in [0.1, 0.15) is 36.6 Å². The van der Waals surface area contributed by atoms with E-state index in [1.165, 1.54) is 10.6 Å². The molecule has 0 radical (unpaired) electrons. The van der Waals surface area contributed by atoms with Crippen LogP contribution in [0, 0.1) is 0 Å². The van der Waals surface area contributed by atoms with Crippen LogP contribution in [0.15, 0.2) is 30.5 Å². The lowest BCUT2D eigenvalue weighted by atomic mass is 10.00.